The number of aromatic nitrogens is 1. The quantitative estimate of drug-likeness (QED) is 0.340. The number of nitrogens with zero attached hydrogens (tertiary/aromatic N) is 2. The first kappa shape index (κ1) is 14.6. The van der Waals surface area contributed by atoms with Gasteiger partial charge in [-0.2, -0.15) is 0 Å². The number of nitrogens with two attached hydrogens (primary N) is 1. The summed E-state index contributed by atoms with van der Waals surface area (Å²) < 4.78 is 5.04. The van der Waals surface area contributed by atoms with E-state index < -0.39 is 0 Å². The van der Waals surface area contributed by atoms with E-state index >= 15 is 0 Å². The van der Waals surface area contributed by atoms with Gasteiger partial charge in [0.05, 0.1) is 5.69 Å². The molecule has 0 unspecified atom stereocenters. The maximum Gasteiger partial charge on any atom is 0.251 e. The first-order valence-corrected chi connectivity index (χ1v) is 6.31. The summed E-state index contributed by atoms with van der Waals surface area (Å²) in [5.41, 5.74) is 8.00. The average molecular weight is 288 g/mol. The molecule has 0 atom stereocenters. The van der Waals surface area contributed by atoms with Crippen LogP contribution in [0.1, 0.15) is 32.9 Å². The fraction of sp³-hybridized carbons (Fsp3) is 0.214. The predicted molar refractivity (Wildman–Crippen MR) is 76.1 cm³/mol. The smallest absolute Gasteiger partial charge is 0.251 e. The van der Waals surface area contributed by atoms with Crippen molar-refractivity contribution in [3.05, 3.63) is 52.4 Å². The lowest BCUT2D eigenvalue weighted by Gasteiger charge is -2.06. The van der Waals surface area contributed by atoms with E-state index in [0.717, 1.165) is 11.3 Å². The molecule has 1 aromatic carbocycles. The van der Waals surface area contributed by atoms with Gasteiger partial charge in [0.1, 0.15) is 5.76 Å². The summed E-state index contributed by atoms with van der Waals surface area (Å²) in [6.45, 7) is 3.94. The van der Waals surface area contributed by atoms with Crippen molar-refractivity contribution in [2.45, 2.75) is 20.4 Å². The molecule has 1 heterocycles. The Kier molecular flexibility index (Phi) is 4.22. The Bertz CT molecular complexity index is 672. The minimum absolute atomic E-state index is 0.0460. The van der Waals surface area contributed by atoms with Crippen molar-refractivity contribution in [2.24, 2.45) is 10.9 Å². The molecule has 0 aliphatic carbocycles. The van der Waals surface area contributed by atoms with Gasteiger partial charge < -0.3 is 20.8 Å². The van der Waals surface area contributed by atoms with Crippen molar-refractivity contribution in [3.63, 3.8) is 0 Å². The van der Waals surface area contributed by atoms with Crippen molar-refractivity contribution in [2.75, 3.05) is 0 Å². The van der Waals surface area contributed by atoms with Crippen LogP contribution in [-0.4, -0.2) is 22.1 Å². The molecular formula is C14H16N4O3. The molecule has 21 heavy (non-hydrogen) atoms. The monoisotopic (exact) mass is 288 g/mol. The van der Waals surface area contributed by atoms with Gasteiger partial charge in [0.2, 0.25) is 0 Å². The summed E-state index contributed by atoms with van der Waals surface area (Å²) in [7, 11) is 0. The van der Waals surface area contributed by atoms with E-state index in [1.54, 1.807) is 31.2 Å². The number of hydrogen-bond acceptors (Lipinski definition) is 5. The van der Waals surface area contributed by atoms with Crippen LogP contribution < -0.4 is 11.1 Å². The number of nitrogens with one attached hydrogen (secondary N) is 1. The molecule has 7 heteroatoms. The third-order valence-electron chi connectivity index (χ3n) is 3.14. The maximum absolute atomic E-state index is 12.1. The molecule has 0 fully saturated rings. The Balaban J connectivity index is 2.11. The standard InChI is InChI=1S/C14H16N4O3/c1-8-12(9(2)21-18-8)7-16-14(19)11-5-3-4-10(6-11)13(15)17-20/h3-6,20H,7H2,1-2H3,(H2,15,17)(H,16,19). The van der Waals surface area contributed by atoms with Crippen LogP contribution in [0.4, 0.5) is 0 Å². The van der Waals surface area contributed by atoms with E-state index in [-0.39, 0.29) is 11.7 Å². The summed E-state index contributed by atoms with van der Waals surface area (Å²) in [5, 5.41) is 18.2. The molecule has 1 amide bonds. The summed E-state index contributed by atoms with van der Waals surface area (Å²) in [4.78, 5) is 12.1. The van der Waals surface area contributed by atoms with Crippen molar-refractivity contribution in [1.29, 1.82) is 0 Å². The zero-order valence-corrected chi connectivity index (χ0v) is 11.8. The second kappa shape index (κ2) is 6.08. The van der Waals surface area contributed by atoms with Crippen LogP contribution in [0.2, 0.25) is 0 Å². The molecule has 2 rings (SSSR count). The maximum atomic E-state index is 12.1. The van der Waals surface area contributed by atoms with Crippen LogP contribution in [0.25, 0.3) is 0 Å². The van der Waals surface area contributed by atoms with Gasteiger partial charge in [-0.1, -0.05) is 22.4 Å². The van der Waals surface area contributed by atoms with E-state index in [0.29, 0.717) is 23.4 Å². The van der Waals surface area contributed by atoms with Gasteiger partial charge in [0.25, 0.3) is 5.91 Å². The van der Waals surface area contributed by atoms with Crippen LogP contribution in [0.5, 0.6) is 0 Å². The van der Waals surface area contributed by atoms with Crippen molar-refractivity contribution < 1.29 is 14.5 Å². The van der Waals surface area contributed by atoms with Gasteiger partial charge in [-0.05, 0) is 26.0 Å². The molecular weight excluding hydrogens is 272 g/mol. The van der Waals surface area contributed by atoms with Crippen LogP contribution in [0, 0.1) is 13.8 Å². The number of benzene rings is 1. The molecule has 0 aliphatic rings. The van der Waals surface area contributed by atoms with Crippen molar-refractivity contribution in [1.82, 2.24) is 10.5 Å². The Morgan fingerprint density at radius 2 is 2.14 bits per heavy atom. The summed E-state index contributed by atoms with van der Waals surface area (Å²) in [6.07, 6.45) is 0. The highest BCUT2D eigenvalue weighted by Crippen LogP contribution is 2.12. The van der Waals surface area contributed by atoms with Gasteiger partial charge in [-0.3, -0.25) is 4.79 Å². The molecule has 0 bridgehead atoms. The number of oxime groups is 1. The predicted octanol–water partition coefficient (Wildman–Crippen LogP) is 1.32. The van der Waals surface area contributed by atoms with E-state index in [9.17, 15) is 4.79 Å². The summed E-state index contributed by atoms with van der Waals surface area (Å²) in [5.74, 6) is 0.371. The van der Waals surface area contributed by atoms with Gasteiger partial charge in [0.15, 0.2) is 5.84 Å². The number of hydrogen-bond donors (Lipinski definition) is 3. The van der Waals surface area contributed by atoms with Crippen LogP contribution >= 0.6 is 0 Å². The number of carbonyl (C=O) groups is 1. The SMILES string of the molecule is Cc1noc(C)c1CNC(=O)c1cccc(C(N)=NO)c1. The molecule has 0 saturated carbocycles. The van der Waals surface area contributed by atoms with E-state index in [1.165, 1.54) is 0 Å². The number of amides is 1. The van der Waals surface area contributed by atoms with Gasteiger partial charge in [-0.15, -0.1) is 0 Å². The van der Waals surface area contributed by atoms with Gasteiger partial charge in [-0.25, -0.2) is 0 Å². The number of aryl methyl sites for hydroxylation is 2. The first-order valence-electron chi connectivity index (χ1n) is 6.31. The lowest BCUT2D eigenvalue weighted by atomic mass is 10.1. The molecule has 2 aromatic rings. The summed E-state index contributed by atoms with van der Waals surface area (Å²) >= 11 is 0. The lowest BCUT2D eigenvalue weighted by molar-refractivity contribution is 0.0951. The molecule has 0 radical (unpaired) electrons. The minimum atomic E-state index is -0.261. The Morgan fingerprint density at radius 1 is 1.43 bits per heavy atom. The molecule has 1 aromatic heterocycles. The molecule has 7 nitrogen and oxygen atoms in total. The highest BCUT2D eigenvalue weighted by Gasteiger charge is 2.12. The Hall–Kier alpha value is -2.83. The van der Waals surface area contributed by atoms with E-state index in [2.05, 4.69) is 15.6 Å². The molecule has 0 aliphatic heterocycles. The fourth-order valence-corrected chi connectivity index (χ4v) is 1.90. The largest absolute Gasteiger partial charge is 0.409 e. The zero-order chi connectivity index (χ0) is 15.4. The average Bonchev–Trinajstić information content (AvgIpc) is 2.83. The third-order valence-corrected chi connectivity index (χ3v) is 3.14. The number of carbonyl (C=O) groups excluding carboxylic acids is 1. The summed E-state index contributed by atoms with van der Waals surface area (Å²) in [6, 6.07) is 6.52. The van der Waals surface area contributed by atoms with E-state index in [4.69, 9.17) is 15.5 Å². The highest BCUT2D eigenvalue weighted by molar-refractivity contribution is 6.01. The highest BCUT2D eigenvalue weighted by atomic mass is 16.5. The van der Waals surface area contributed by atoms with Crippen molar-refractivity contribution in [3.8, 4) is 0 Å². The van der Waals surface area contributed by atoms with Gasteiger partial charge >= 0.3 is 0 Å². The molecule has 0 spiro atoms. The van der Waals surface area contributed by atoms with Gasteiger partial charge in [0, 0.05) is 23.2 Å². The first-order chi connectivity index (χ1) is 10.0. The minimum Gasteiger partial charge on any atom is -0.409 e. The molecule has 4 N–H and O–H groups in total. The number of rotatable bonds is 4. The number of amidine groups is 1. The van der Waals surface area contributed by atoms with Crippen LogP contribution in [0.15, 0.2) is 33.9 Å². The molecule has 110 valence electrons. The normalized spacial score (nSPS) is 11.4. The van der Waals surface area contributed by atoms with Crippen LogP contribution in [-0.2, 0) is 6.54 Å². The fourth-order valence-electron chi connectivity index (χ4n) is 1.90. The third kappa shape index (κ3) is 3.19. The second-order valence-electron chi connectivity index (χ2n) is 4.55. The second-order valence-corrected chi connectivity index (χ2v) is 4.55. The zero-order valence-electron chi connectivity index (χ0n) is 11.8. The topological polar surface area (TPSA) is 114 Å². The Morgan fingerprint density at radius 3 is 2.76 bits per heavy atom. The van der Waals surface area contributed by atoms with Crippen molar-refractivity contribution >= 4 is 11.7 Å². The van der Waals surface area contributed by atoms with Crippen LogP contribution in [0.3, 0.4) is 0 Å². The Labute approximate surface area is 121 Å². The van der Waals surface area contributed by atoms with E-state index in [1.807, 2.05) is 6.92 Å². The lowest BCUT2D eigenvalue weighted by Crippen LogP contribution is -2.24. The molecule has 0 saturated heterocycles.